The molecule has 0 atom stereocenters. The van der Waals surface area contributed by atoms with Gasteiger partial charge in [0, 0.05) is 19.1 Å². The van der Waals surface area contributed by atoms with Crippen molar-refractivity contribution in [1.29, 1.82) is 0 Å². The van der Waals surface area contributed by atoms with Gasteiger partial charge in [-0.25, -0.2) is 0 Å². The zero-order valence-corrected chi connectivity index (χ0v) is 15.8. The van der Waals surface area contributed by atoms with Gasteiger partial charge in [0.05, 0.1) is 15.9 Å². The van der Waals surface area contributed by atoms with Crippen LogP contribution in [0.1, 0.15) is 64.8 Å². The van der Waals surface area contributed by atoms with Gasteiger partial charge in [0.25, 0.3) is 0 Å². The molecule has 0 amide bonds. The molecule has 3 nitrogen and oxygen atoms in total. The van der Waals surface area contributed by atoms with Gasteiger partial charge in [-0.3, -0.25) is 9.58 Å². The average molecular weight is 356 g/mol. The molecule has 1 fully saturated rings. The first-order valence-corrected chi connectivity index (χ1v) is 9.11. The second-order valence-electron chi connectivity index (χ2n) is 7.19. The molecular formula is C17H30BrN3. The maximum Gasteiger partial charge on any atom is 0.0767 e. The molecule has 0 spiro atoms. The van der Waals surface area contributed by atoms with Gasteiger partial charge in [-0.2, -0.15) is 5.10 Å². The summed E-state index contributed by atoms with van der Waals surface area (Å²) in [6.45, 7) is 11.1. The topological polar surface area (TPSA) is 21.1 Å². The molecule has 0 radical (unpaired) electrons. The zero-order chi connectivity index (χ0) is 15.6. The van der Waals surface area contributed by atoms with Crippen LogP contribution >= 0.6 is 15.9 Å². The third-order valence-electron chi connectivity index (χ3n) is 5.03. The van der Waals surface area contributed by atoms with Crippen LogP contribution in [0.5, 0.6) is 0 Å². The lowest BCUT2D eigenvalue weighted by atomic mass is 9.75. The highest BCUT2D eigenvalue weighted by Gasteiger charge is 2.29. The van der Waals surface area contributed by atoms with Gasteiger partial charge in [0.1, 0.15) is 0 Å². The van der Waals surface area contributed by atoms with E-state index in [0.29, 0.717) is 5.41 Å². The van der Waals surface area contributed by atoms with Crippen LogP contribution in [-0.4, -0.2) is 27.8 Å². The number of halogens is 1. The fourth-order valence-electron chi connectivity index (χ4n) is 3.36. The summed E-state index contributed by atoms with van der Waals surface area (Å²) in [6.07, 6.45) is 6.32. The second-order valence-corrected chi connectivity index (χ2v) is 7.98. The first kappa shape index (κ1) is 17.0. The van der Waals surface area contributed by atoms with Gasteiger partial charge in [-0.15, -0.1) is 0 Å². The predicted octanol–water partition coefficient (Wildman–Crippen LogP) is 4.63. The summed E-state index contributed by atoms with van der Waals surface area (Å²) >= 11 is 3.76. The SMILES string of the molecule is CCc1nn(CC)c(CN(C)C2CCC(C)(C)CC2)c1Br. The summed E-state index contributed by atoms with van der Waals surface area (Å²) in [7, 11) is 2.27. The summed E-state index contributed by atoms with van der Waals surface area (Å²) in [5.74, 6) is 0. The highest BCUT2D eigenvalue weighted by molar-refractivity contribution is 9.10. The number of rotatable bonds is 5. The molecule has 4 heteroatoms. The molecule has 1 saturated carbocycles. The predicted molar refractivity (Wildman–Crippen MR) is 92.5 cm³/mol. The summed E-state index contributed by atoms with van der Waals surface area (Å²) in [5, 5.41) is 4.71. The Bertz CT molecular complexity index is 469. The van der Waals surface area contributed by atoms with Crippen molar-refractivity contribution in [1.82, 2.24) is 14.7 Å². The number of nitrogens with zero attached hydrogens (tertiary/aromatic N) is 3. The van der Waals surface area contributed by atoms with E-state index in [4.69, 9.17) is 5.10 Å². The van der Waals surface area contributed by atoms with Crippen molar-refractivity contribution in [2.24, 2.45) is 5.41 Å². The van der Waals surface area contributed by atoms with E-state index < -0.39 is 0 Å². The minimum Gasteiger partial charge on any atom is -0.298 e. The van der Waals surface area contributed by atoms with Crippen LogP contribution in [0, 0.1) is 5.41 Å². The van der Waals surface area contributed by atoms with E-state index in [-0.39, 0.29) is 0 Å². The van der Waals surface area contributed by atoms with Gasteiger partial charge >= 0.3 is 0 Å². The van der Waals surface area contributed by atoms with Crippen LogP contribution in [0.15, 0.2) is 4.47 Å². The highest BCUT2D eigenvalue weighted by Crippen LogP contribution is 2.37. The number of aromatic nitrogens is 2. The molecule has 120 valence electrons. The molecule has 0 aliphatic heterocycles. The molecule has 1 aliphatic carbocycles. The molecule has 21 heavy (non-hydrogen) atoms. The highest BCUT2D eigenvalue weighted by atomic mass is 79.9. The van der Waals surface area contributed by atoms with E-state index in [2.05, 4.69) is 60.3 Å². The Morgan fingerprint density at radius 3 is 2.43 bits per heavy atom. The number of hydrogen-bond acceptors (Lipinski definition) is 2. The largest absolute Gasteiger partial charge is 0.298 e. The summed E-state index contributed by atoms with van der Waals surface area (Å²) in [6, 6.07) is 0.718. The monoisotopic (exact) mass is 355 g/mol. The van der Waals surface area contributed by atoms with Gasteiger partial charge < -0.3 is 0 Å². The first-order chi connectivity index (χ1) is 9.88. The van der Waals surface area contributed by atoms with Gasteiger partial charge in [0.15, 0.2) is 0 Å². The zero-order valence-electron chi connectivity index (χ0n) is 14.2. The van der Waals surface area contributed by atoms with Gasteiger partial charge in [-0.05, 0) is 67.4 Å². The molecular weight excluding hydrogens is 326 g/mol. The van der Waals surface area contributed by atoms with Crippen LogP contribution in [-0.2, 0) is 19.5 Å². The summed E-state index contributed by atoms with van der Waals surface area (Å²) in [4.78, 5) is 2.53. The lowest BCUT2D eigenvalue weighted by Gasteiger charge is -2.38. The van der Waals surface area contributed by atoms with Crippen LogP contribution in [0.2, 0.25) is 0 Å². The van der Waals surface area contributed by atoms with E-state index in [1.807, 2.05) is 0 Å². The van der Waals surface area contributed by atoms with E-state index in [1.165, 1.54) is 41.5 Å². The summed E-state index contributed by atoms with van der Waals surface area (Å²) in [5.41, 5.74) is 3.06. The summed E-state index contributed by atoms with van der Waals surface area (Å²) < 4.78 is 3.38. The van der Waals surface area contributed by atoms with Gasteiger partial charge in [0.2, 0.25) is 0 Å². The third-order valence-corrected chi connectivity index (χ3v) is 5.94. The van der Waals surface area contributed by atoms with Crippen LogP contribution in [0.3, 0.4) is 0 Å². The average Bonchev–Trinajstić information content (AvgIpc) is 2.75. The van der Waals surface area contributed by atoms with Crippen molar-refractivity contribution in [3.63, 3.8) is 0 Å². The lowest BCUT2D eigenvalue weighted by Crippen LogP contribution is -2.37. The molecule has 1 heterocycles. The molecule has 1 aliphatic rings. The van der Waals surface area contributed by atoms with Crippen LogP contribution in [0.4, 0.5) is 0 Å². The Hall–Kier alpha value is -0.350. The molecule has 0 N–H and O–H groups in total. The fourth-order valence-corrected chi connectivity index (χ4v) is 4.05. The third kappa shape index (κ3) is 3.89. The molecule has 1 aromatic heterocycles. The maximum absolute atomic E-state index is 4.71. The number of aryl methyl sites for hydroxylation is 2. The first-order valence-electron chi connectivity index (χ1n) is 8.32. The second kappa shape index (κ2) is 6.82. The molecule has 0 bridgehead atoms. The molecule has 1 aromatic rings. The Morgan fingerprint density at radius 1 is 1.29 bits per heavy atom. The Kier molecular flexibility index (Phi) is 5.53. The standard InChI is InChI=1S/C17H30BrN3/c1-6-14-16(18)15(21(7-2)19-14)12-20(5)13-8-10-17(3,4)11-9-13/h13H,6-12H2,1-5H3. The van der Waals surface area contributed by atoms with Crippen LogP contribution < -0.4 is 0 Å². The minimum absolute atomic E-state index is 0.540. The molecule has 0 aromatic carbocycles. The Labute approximate surface area is 138 Å². The lowest BCUT2D eigenvalue weighted by molar-refractivity contribution is 0.120. The van der Waals surface area contributed by atoms with Crippen molar-refractivity contribution >= 4 is 15.9 Å². The van der Waals surface area contributed by atoms with E-state index in [0.717, 1.165) is 25.6 Å². The van der Waals surface area contributed by atoms with Crippen LogP contribution in [0.25, 0.3) is 0 Å². The van der Waals surface area contributed by atoms with E-state index >= 15 is 0 Å². The molecule has 2 rings (SSSR count). The normalized spacial score (nSPS) is 19.4. The van der Waals surface area contributed by atoms with Crippen molar-refractivity contribution in [2.45, 2.75) is 78.9 Å². The maximum atomic E-state index is 4.71. The molecule has 0 saturated heterocycles. The van der Waals surface area contributed by atoms with Crippen molar-refractivity contribution in [3.05, 3.63) is 15.9 Å². The van der Waals surface area contributed by atoms with Gasteiger partial charge in [-0.1, -0.05) is 20.8 Å². The van der Waals surface area contributed by atoms with Crippen molar-refractivity contribution < 1.29 is 0 Å². The smallest absolute Gasteiger partial charge is 0.0767 e. The Balaban J connectivity index is 2.06. The van der Waals surface area contributed by atoms with E-state index in [9.17, 15) is 0 Å². The number of hydrogen-bond donors (Lipinski definition) is 0. The quantitative estimate of drug-likeness (QED) is 0.767. The van der Waals surface area contributed by atoms with Crippen molar-refractivity contribution in [2.75, 3.05) is 7.05 Å². The minimum atomic E-state index is 0.540. The van der Waals surface area contributed by atoms with E-state index in [1.54, 1.807) is 0 Å². The van der Waals surface area contributed by atoms with Crippen molar-refractivity contribution in [3.8, 4) is 0 Å². The Morgan fingerprint density at radius 2 is 1.90 bits per heavy atom. The molecule has 0 unspecified atom stereocenters. The fraction of sp³-hybridized carbons (Fsp3) is 0.824.